The fourth-order valence-corrected chi connectivity index (χ4v) is 2.45. The highest BCUT2D eigenvalue weighted by Gasteiger charge is 2.05. The number of benzene rings is 1. The summed E-state index contributed by atoms with van der Waals surface area (Å²) in [5.41, 5.74) is 1.94. The highest BCUT2D eigenvalue weighted by atomic mass is 32.1. The molecule has 1 aromatic carbocycles. The molecule has 106 valence electrons. The molecule has 4 nitrogen and oxygen atoms in total. The van der Waals surface area contributed by atoms with Gasteiger partial charge in [0.05, 0.1) is 6.54 Å². The van der Waals surface area contributed by atoms with E-state index < -0.39 is 0 Å². The van der Waals surface area contributed by atoms with Gasteiger partial charge in [-0.25, -0.2) is 4.79 Å². The van der Waals surface area contributed by atoms with Crippen molar-refractivity contribution in [1.29, 1.82) is 0 Å². The van der Waals surface area contributed by atoms with Gasteiger partial charge in [0, 0.05) is 16.6 Å². The van der Waals surface area contributed by atoms with Gasteiger partial charge in [0.1, 0.15) is 0 Å². The van der Waals surface area contributed by atoms with Gasteiger partial charge in [-0.2, -0.15) is 0 Å². The Morgan fingerprint density at radius 3 is 2.85 bits per heavy atom. The summed E-state index contributed by atoms with van der Waals surface area (Å²) in [5.74, 6) is 0. The van der Waals surface area contributed by atoms with E-state index in [-0.39, 0.29) is 12.1 Å². The average molecular weight is 289 g/mol. The number of hydrogen-bond acceptors (Lipinski definition) is 3. The molecule has 0 aliphatic rings. The predicted octanol–water partition coefficient (Wildman–Crippen LogP) is 3.35. The van der Waals surface area contributed by atoms with Crippen LogP contribution in [-0.2, 0) is 6.54 Å². The lowest BCUT2D eigenvalue weighted by Crippen LogP contribution is -2.27. The Bertz CT molecular complexity index is 554. The van der Waals surface area contributed by atoms with Gasteiger partial charge in [-0.05, 0) is 43.1 Å². The molecule has 3 N–H and O–H groups in total. The Morgan fingerprint density at radius 1 is 1.30 bits per heavy atom. The van der Waals surface area contributed by atoms with Gasteiger partial charge in [-0.3, -0.25) is 0 Å². The van der Waals surface area contributed by atoms with Gasteiger partial charge in [-0.15, -0.1) is 11.3 Å². The van der Waals surface area contributed by atoms with Crippen LogP contribution in [0.15, 0.2) is 41.8 Å². The zero-order chi connectivity index (χ0) is 14.4. The fourth-order valence-electron chi connectivity index (χ4n) is 1.81. The van der Waals surface area contributed by atoms with Gasteiger partial charge in [0.25, 0.3) is 0 Å². The summed E-state index contributed by atoms with van der Waals surface area (Å²) in [6.45, 7) is 2.63. The monoisotopic (exact) mass is 289 g/mol. The molecule has 2 aromatic rings. The number of anilines is 1. The first kappa shape index (κ1) is 14.6. The van der Waals surface area contributed by atoms with Crippen molar-refractivity contribution in [3.63, 3.8) is 0 Å². The predicted molar refractivity (Wildman–Crippen MR) is 84.1 cm³/mol. The normalized spacial score (nSPS) is 11.9. The van der Waals surface area contributed by atoms with Crippen LogP contribution in [0.2, 0.25) is 0 Å². The maximum Gasteiger partial charge on any atom is 0.319 e. The SMILES string of the molecule is CNC(C)c1cccc(NC(=O)NCc2cccs2)c1. The zero-order valence-corrected chi connectivity index (χ0v) is 12.5. The van der Waals surface area contributed by atoms with Crippen LogP contribution in [0.25, 0.3) is 0 Å². The number of thiophene rings is 1. The average Bonchev–Trinajstić information content (AvgIpc) is 2.98. The number of amides is 2. The van der Waals surface area contributed by atoms with Gasteiger partial charge >= 0.3 is 6.03 Å². The van der Waals surface area contributed by atoms with Crippen LogP contribution >= 0.6 is 11.3 Å². The van der Waals surface area contributed by atoms with E-state index in [1.807, 2.05) is 48.8 Å². The number of urea groups is 1. The molecule has 20 heavy (non-hydrogen) atoms. The Hall–Kier alpha value is -1.85. The molecule has 2 rings (SSSR count). The minimum absolute atomic E-state index is 0.187. The lowest BCUT2D eigenvalue weighted by molar-refractivity contribution is 0.252. The Morgan fingerprint density at radius 2 is 2.15 bits per heavy atom. The molecule has 1 atom stereocenters. The van der Waals surface area contributed by atoms with E-state index in [2.05, 4.69) is 22.9 Å². The molecule has 5 heteroatoms. The topological polar surface area (TPSA) is 53.2 Å². The standard InChI is InChI=1S/C15H19N3OS/c1-11(16-2)12-5-3-6-13(9-12)18-15(19)17-10-14-7-4-8-20-14/h3-9,11,16H,10H2,1-2H3,(H2,17,18,19). The molecule has 0 fully saturated rings. The molecule has 2 amide bonds. The van der Waals surface area contributed by atoms with Crippen LogP contribution in [-0.4, -0.2) is 13.1 Å². The Balaban J connectivity index is 1.90. The van der Waals surface area contributed by atoms with Crippen molar-refractivity contribution in [3.8, 4) is 0 Å². The van der Waals surface area contributed by atoms with E-state index in [0.717, 1.165) is 16.1 Å². The van der Waals surface area contributed by atoms with Crippen molar-refractivity contribution in [2.45, 2.75) is 19.5 Å². The summed E-state index contributed by atoms with van der Waals surface area (Å²) >= 11 is 1.63. The van der Waals surface area contributed by atoms with Crippen molar-refractivity contribution in [2.24, 2.45) is 0 Å². The third kappa shape index (κ3) is 4.08. The largest absolute Gasteiger partial charge is 0.333 e. The van der Waals surface area contributed by atoms with Gasteiger partial charge in [0.2, 0.25) is 0 Å². The molecule has 1 aromatic heterocycles. The van der Waals surface area contributed by atoms with Crippen LogP contribution < -0.4 is 16.0 Å². The van der Waals surface area contributed by atoms with E-state index >= 15 is 0 Å². The number of nitrogens with one attached hydrogen (secondary N) is 3. The molecule has 0 aliphatic carbocycles. The van der Waals surface area contributed by atoms with E-state index in [1.165, 1.54) is 0 Å². The molecule has 0 saturated heterocycles. The van der Waals surface area contributed by atoms with Crippen LogP contribution in [0.5, 0.6) is 0 Å². The Labute approximate surface area is 123 Å². The molecule has 0 bridgehead atoms. The molecule has 0 radical (unpaired) electrons. The van der Waals surface area contributed by atoms with E-state index in [9.17, 15) is 4.79 Å². The molecular formula is C15H19N3OS. The third-order valence-corrected chi connectivity index (χ3v) is 3.96. The quantitative estimate of drug-likeness (QED) is 0.790. The minimum atomic E-state index is -0.187. The summed E-state index contributed by atoms with van der Waals surface area (Å²) in [5, 5.41) is 10.9. The van der Waals surface area contributed by atoms with Gasteiger partial charge in [-0.1, -0.05) is 18.2 Å². The Kier molecular flexibility index (Phi) is 5.15. The lowest BCUT2D eigenvalue weighted by Gasteiger charge is -2.13. The zero-order valence-electron chi connectivity index (χ0n) is 11.6. The van der Waals surface area contributed by atoms with Crippen molar-refractivity contribution < 1.29 is 4.79 Å². The van der Waals surface area contributed by atoms with Crippen LogP contribution in [0.4, 0.5) is 10.5 Å². The van der Waals surface area contributed by atoms with Crippen molar-refractivity contribution in [3.05, 3.63) is 52.2 Å². The van der Waals surface area contributed by atoms with Gasteiger partial charge in [0.15, 0.2) is 0 Å². The smallest absolute Gasteiger partial charge is 0.319 e. The third-order valence-electron chi connectivity index (χ3n) is 3.08. The van der Waals surface area contributed by atoms with Crippen LogP contribution in [0, 0.1) is 0 Å². The maximum absolute atomic E-state index is 11.8. The number of hydrogen-bond donors (Lipinski definition) is 3. The molecule has 0 aliphatic heterocycles. The van der Waals surface area contributed by atoms with E-state index in [4.69, 9.17) is 0 Å². The number of rotatable bonds is 5. The highest BCUT2D eigenvalue weighted by molar-refractivity contribution is 7.09. The number of carbonyl (C=O) groups is 1. The number of carbonyl (C=O) groups excluding carboxylic acids is 1. The summed E-state index contributed by atoms with van der Waals surface area (Å²) in [4.78, 5) is 13.0. The maximum atomic E-state index is 11.8. The van der Waals surface area contributed by atoms with Crippen molar-refractivity contribution in [2.75, 3.05) is 12.4 Å². The molecular weight excluding hydrogens is 270 g/mol. The summed E-state index contributed by atoms with van der Waals surface area (Å²) in [6.07, 6.45) is 0. The van der Waals surface area contributed by atoms with Gasteiger partial charge < -0.3 is 16.0 Å². The van der Waals surface area contributed by atoms with Crippen molar-refractivity contribution >= 4 is 23.1 Å². The molecule has 0 spiro atoms. The second kappa shape index (κ2) is 7.07. The first-order valence-electron chi connectivity index (χ1n) is 6.53. The molecule has 1 unspecified atom stereocenters. The van der Waals surface area contributed by atoms with Crippen LogP contribution in [0.3, 0.4) is 0 Å². The van der Waals surface area contributed by atoms with Crippen LogP contribution in [0.1, 0.15) is 23.4 Å². The van der Waals surface area contributed by atoms with E-state index in [0.29, 0.717) is 6.54 Å². The summed E-state index contributed by atoms with van der Waals surface area (Å²) < 4.78 is 0. The molecule has 0 saturated carbocycles. The molecule has 1 heterocycles. The first-order chi connectivity index (χ1) is 9.69. The summed E-state index contributed by atoms with van der Waals surface area (Å²) in [6, 6.07) is 11.9. The second-order valence-corrected chi connectivity index (χ2v) is 5.56. The second-order valence-electron chi connectivity index (χ2n) is 4.52. The summed E-state index contributed by atoms with van der Waals surface area (Å²) in [7, 11) is 1.92. The minimum Gasteiger partial charge on any atom is -0.333 e. The van der Waals surface area contributed by atoms with Crippen molar-refractivity contribution in [1.82, 2.24) is 10.6 Å². The fraction of sp³-hybridized carbons (Fsp3) is 0.267. The first-order valence-corrected chi connectivity index (χ1v) is 7.41. The van der Waals surface area contributed by atoms with E-state index in [1.54, 1.807) is 11.3 Å². The lowest BCUT2D eigenvalue weighted by atomic mass is 10.1. The highest BCUT2D eigenvalue weighted by Crippen LogP contribution is 2.17.